The zero-order chi connectivity index (χ0) is 13.8. The highest BCUT2D eigenvalue weighted by Crippen LogP contribution is 2.23. The van der Waals surface area contributed by atoms with E-state index in [-0.39, 0.29) is 24.0 Å². The number of rotatable bonds is 4. The first-order valence-corrected chi connectivity index (χ1v) is 6.25. The number of carbonyl (C=O) groups is 1. The first kappa shape index (κ1) is 16.4. The quantitative estimate of drug-likeness (QED) is 0.681. The van der Waals surface area contributed by atoms with Gasteiger partial charge in [-0.1, -0.05) is 18.2 Å². The van der Waals surface area contributed by atoms with Crippen molar-refractivity contribution >= 4 is 24.1 Å². The van der Waals surface area contributed by atoms with Crippen LogP contribution in [-0.4, -0.2) is 34.0 Å². The Hall–Kier alpha value is -1.66. The minimum atomic E-state index is -0.785. The Morgan fingerprint density at radius 3 is 2.80 bits per heavy atom. The first-order valence-electron chi connectivity index (χ1n) is 6.25. The van der Waals surface area contributed by atoms with Crippen molar-refractivity contribution in [2.75, 3.05) is 13.1 Å². The molecule has 1 aliphatic heterocycles. The van der Waals surface area contributed by atoms with E-state index in [9.17, 15) is 14.9 Å². The summed E-state index contributed by atoms with van der Waals surface area (Å²) in [6.07, 6.45) is 1.50. The molecule has 7 heteroatoms. The molecule has 0 radical (unpaired) electrons. The molecule has 0 aliphatic carbocycles. The van der Waals surface area contributed by atoms with Crippen LogP contribution in [0.15, 0.2) is 24.3 Å². The van der Waals surface area contributed by atoms with Crippen molar-refractivity contribution in [3.05, 3.63) is 39.9 Å². The van der Waals surface area contributed by atoms with Crippen LogP contribution in [0.4, 0.5) is 5.69 Å². The molecule has 1 saturated heterocycles. The minimum absolute atomic E-state index is 0. The third kappa shape index (κ3) is 3.91. The van der Waals surface area contributed by atoms with Crippen molar-refractivity contribution in [2.24, 2.45) is 5.92 Å². The zero-order valence-corrected chi connectivity index (χ0v) is 11.7. The van der Waals surface area contributed by atoms with E-state index in [0.29, 0.717) is 25.1 Å². The largest absolute Gasteiger partial charge is 0.481 e. The van der Waals surface area contributed by atoms with Gasteiger partial charge in [0.25, 0.3) is 5.69 Å². The number of nitro benzene ring substituents is 1. The van der Waals surface area contributed by atoms with Crippen molar-refractivity contribution in [3.8, 4) is 0 Å². The number of likely N-dealkylation sites (tertiary alicyclic amines) is 1. The van der Waals surface area contributed by atoms with E-state index < -0.39 is 10.9 Å². The molecule has 20 heavy (non-hydrogen) atoms. The van der Waals surface area contributed by atoms with E-state index in [0.717, 1.165) is 13.0 Å². The zero-order valence-electron chi connectivity index (χ0n) is 10.9. The Bertz CT molecular complexity index is 495. The smallest absolute Gasteiger partial charge is 0.307 e. The summed E-state index contributed by atoms with van der Waals surface area (Å²) in [7, 11) is 0. The van der Waals surface area contributed by atoms with Gasteiger partial charge in [-0.15, -0.1) is 12.4 Å². The van der Waals surface area contributed by atoms with Gasteiger partial charge < -0.3 is 5.11 Å². The Morgan fingerprint density at radius 1 is 1.45 bits per heavy atom. The van der Waals surface area contributed by atoms with Gasteiger partial charge in [-0.05, 0) is 19.4 Å². The second-order valence-corrected chi connectivity index (χ2v) is 4.80. The summed E-state index contributed by atoms with van der Waals surface area (Å²) in [5.41, 5.74) is 0.735. The van der Waals surface area contributed by atoms with Crippen LogP contribution in [0.1, 0.15) is 18.4 Å². The summed E-state index contributed by atoms with van der Waals surface area (Å²) in [6, 6.07) is 6.61. The molecular formula is C13H17ClN2O4. The second kappa shape index (κ2) is 7.21. The number of carboxylic acid groups (broad SMARTS) is 1. The molecule has 0 aromatic heterocycles. The van der Waals surface area contributed by atoms with E-state index >= 15 is 0 Å². The van der Waals surface area contributed by atoms with Crippen molar-refractivity contribution in [1.82, 2.24) is 4.90 Å². The van der Waals surface area contributed by atoms with Crippen LogP contribution in [0.25, 0.3) is 0 Å². The van der Waals surface area contributed by atoms with Gasteiger partial charge in [-0.3, -0.25) is 19.8 Å². The number of hydrogen-bond acceptors (Lipinski definition) is 4. The van der Waals surface area contributed by atoms with Crippen LogP contribution >= 0.6 is 12.4 Å². The number of para-hydroxylation sites is 1. The minimum Gasteiger partial charge on any atom is -0.481 e. The molecule has 1 N–H and O–H groups in total. The molecule has 1 atom stereocenters. The molecule has 1 fully saturated rings. The summed E-state index contributed by atoms with van der Waals surface area (Å²) >= 11 is 0. The average Bonchev–Trinajstić information content (AvgIpc) is 2.39. The molecule has 0 saturated carbocycles. The van der Waals surface area contributed by atoms with Gasteiger partial charge >= 0.3 is 5.97 Å². The van der Waals surface area contributed by atoms with Gasteiger partial charge in [0, 0.05) is 24.7 Å². The lowest BCUT2D eigenvalue weighted by Gasteiger charge is -2.30. The van der Waals surface area contributed by atoms with Crippen LogP contribution in [-0.2, 0) is 11.3 Å². The van der Waals surface area contributed by atoms with Crippen molar-refractivity contribution in [1.29, 1.82) is 0 Å². The van der Waals surface area contributed by atoms with Gasteiger partial charge in [-0.25, -0.2) is 0 Å². The lowest BCUT2D eigenvalue weighted by Crippen LogP contribution is -2.38. The maximum Gasteiger partial charge on any atom is 0.307 e. The van der Waals surface area contributed by atoms with Crippen LogP contribution in [0.5, 0.6) is 0 Å². The molecule has 0 amide bonds. The summed E-state index contributed by atoms with van der Waals surface area (Å²) in [4.78, 5) is 23.5. The number of benzene rings is 1. The number of halogens is 1. The number of nitrogens with zero attached hydrogens (tertiary/aromatic N) is 2. The molecule has 1 aliphatic rings. The lowest BCUT2D eigenvalue weighted by atomic mass is 9.98. The van der Waals surface area contributed by atoms with Crippen LogP contribution < -0.4 is 0 Å². The van der Waals surface area contributed by atoms with Gasteiger partial charge in [0.2, 0.25) is 0 Å². The van der Waals surface area contributed by atoms with E-state index in [2.05, 4.69) is 0 Å². The van der Waals surface area contributed by atoms with Crippen molar-refractivity contribution in [3.63, 3.8) is 0 Å². The van der Waals surface area contributed by atoms with Gasteiger partial charge in [0.1, 0.15) is 0 Å². The summed E-state index contributed by atoms with van der Waals surface area (Å²) < 4.78 is 0. The predicted molar refractivity (Wildman–Crippen MR) is 76.0 cm³/mol. The molecule has 110 valence electrons. The van der Waals surface area contributed by atoms with E-state index in [4.69, 9.17) is 5.11 Å². The summed E-state index contributed by atoms with van der Waals surface area (Å²) in [6.45, 7) is 1.68. The maximum atomic E-state index is 11.0. The molecule has 0 bridgehead atoms. The lowest BCUT2D eigenvalue weighted by molar-refractivity contribution is -0.385. The highest BCUT2D eigenvalue weighted by molar-refractivity contribution is 5.85. The molecule has 1 aromatic rings. The molecule has 1 aromatic carbocycles. The molecule has 0 spiro atoms. The number of aliphatic carboxylic acids is 1. The molecular weight excluding hydrogens is 284 g/mol. The van der Waals surface area contributed by atoms with Crippen LogP contribution in [0, 0.1) is 16.0 Å². The number of hydrogen-bond donors (Lipinski definition) is 1. The van der Waals surface area contributed by atoms with E-state index in [1.807, 2.05) is 4.90 Å². The SMILES string of the molecule is Cl.O=C(O)C1CCCN(Cc2ccccc2[N+](=O)[O-])C1. The van der Waals surface area contributed by atoms with Crippen molar-refractivity contribution in [2.45, 2.75) is 19.4 Å². The highest BCUT2D eigenvalue weighted by atomic mass is 35.5. The Balaban J connectivity index is 0.00000200. The van der Waals surface area contributed by atoms with Crippen LogP contribution in [0.3, 0.4) is 0 Å². The Morgan fingerprint density at radius 2 is 2.15 bits per heavy atom. The normalized spacial score (nSPS) is 19.1. The average molecular weight is 301 g/mol. The monoisotopic (exact) mass is 300 g/mol. The standard InChI is InChI=1S/C13H16N2O4.ClH/c16-13(17)11-5-3-7-14(9-11)8-10-4-1-2-6-12(10)15(18)19;/h1-2,4,6,11H,3,5,7-9H2,(H,16,17);1H. The topological polar surface area (TPSA) is 83.7 Å². The van der Waals surface area contributed by atoms with Gasteiger partial charge in [0.05, 0.1) is 10.8 Å². The fourth-order valence-corrected chi connectivity index (χ4v) is 2.46. The summed E-state index contributed by atoms with van der Waals surface area (Å²) in [5.74, 6) is -1.15. The fraction of sp³-hybridized carbons (Fsp3) is 0.462. The van der Waals surface area contributed by atoms with Crippen molar-refractivity contribution < 1.29 is 14.8 Å². The third-order valence-corrected chi connectivity index (χ3v) is 3.44. The number of carboxylic acids is 1. The third-order valence-electron chi connectivity index (χ3n) is 3.44. The first-order chi connectivity index (χ1) is 9.08. The molecule has 6 nitrogen and oxygen atoms in total. The van der Waals surface area contributed by atoms with E-state index in [1.54, 1.807) is 18.2 Å². The second-order valence-electron chi connectivity index (χ2n) is 4.80. The Labute approximate surface area is 123 Å². The fourth-order valence-electron chi connectivity index (χ4n) is 2.46. The van der Waals surface area contributed by atoms with Gasteiger partial charge in [0.15, 0.2) is 0 Å². The molecule has 1 heterocycles. The van der Waals surface area contributed by atoms with Crippen LogP contribution in [0.2, 0.25) is 0 Å². The number of nitro groups is 1. The molecule has 1 unspecified atom stereocenters. The number of piperidine rings is 1. The predicted octanol–water partition coefficient (Wildman–Crippen LogP) is 2.31. The molecule has 2 rings (SSSR count). The summed E-state index contributed by atoms with van der Waals surface area (Å²) in [5, 5.41) is 20.0. The maximum absolute atomic E-state index is 11.0. The van der Waals surface area contributed by atoms with E-state index in [1.165, 1.54) is 6.07 Å². The Kier molecular flexibility index (Phi) is 5.91. The highest BCUT2D eigenvalue weighted by Gasteiger charge is 2.26. The van der Waals surface area contributed by atoms with Gasteiger partial charge in [-0.2, -0.15) is 0 Å².